The number of nitrogens with one attached hydrogen (secondary N) is 3. The molecule has 3 rings (SSSR count). The van der Waals surface area contributed by atoms with E-state index >= 15 is 0 Å². The second-order valence-electron chi connectivity index (χ2n) is 6.38. The monoisotopic (exact) mass is 477 g/mol. The second kappa shape index (κ2) is 9.82. The Labute approximate surface area is 189 Å². The first-order valence-electron chi connectivity index (χ1n) is 8.95. The summed E-state index contributed by atoms with van der Waals surface area (Å²) in [6.07, 6.45) is 0. The number of hydrogen-bond acceptors (Lipinski definition) is 4. The molecule has 31 heavy (non-hydrogen) atoms. The number of benzene rings is 3. The van der Waals surface area contributed by atoms with Crippen molar-refractivity contribution in [3.63, 3.8) is 0 Å². The van der Waals surface area contributed by atoms with Crippen molar-refractivity contribution in [2.24, 2.45) is 0 Å². The van der Waals surface area contributed by atoms with Crippen LogP contribution in [0.1, 0.15) is 10.4 Å². The van der Waals surface area contributed by atoms with E-state index in [9.17, 15) is 18.0 Å². The van der Waals surface area contributed by atoms with Gasteiger partial charge in [-0.1, -0.05) is 29.3 Å². The molecule has 0 radical (unpaired) electrons. The summed E-state index contributed by atoms with van der Waals surface area (Å²) in [6.45, 7) is -0.260. The van der Waals surface area contributed by atoms with Crippen LogP contribution in [0.25, 0.3) is 0 Å². The van der Waals surface area contributed by atoms with Crippen LogP contribution in [-0.2, 0) is 14.8 Å². The molecule has 0 spiro atoms. The van der Waals surface area contributed by atoms with E-state index in [1.165, 1.54) is 30.3 Å². The van der Waals surface area contributed by atoms with Gasteiger partial charge < -0.3 is 10.6 Å². The van der Waals surface area contributed by atoms with Crippen molar-refractivity contribution < 1.29 is 18.0 Å². The van der Waals surface area contributed by atoms with Crippen molar-refractivity contribution in [2.45, 2.75) is 4.90 Å². The van der Waals surface area contributed by atoms with Gasteiger partial charge in [-0.3, -0.25) is 14.3 Å². The maximum atomic E-state index is 12.5. The molecule has 0 saturated heterocycles. The van der Waals surface area contributed by atoms with Crippen LogP contribution < -0.4 is 15.4 Å². The average Bonchev–Trinajstić information content (AvgIpc) is 2.74. The molecular formula is C21H17Cl2N3O4S. The first kappa shape index (κ1) is 22.6. The topological polar surface area (TPSA) is 104 Å². The van der Waals surface area contributed by atoms with Crippen LogP contribution >= 0.6 is 23.2 Å². The molecule has 0 saturated carbocycles. The first-order valence-corrected chi connectivity index (χ1v) is 11.2. The van der Waals surface area contributed by atoms with Crippen LogP contribution in [0.15, 0.2) is 77.7 Å². The third-order valence-electron chi connectivity index (χ3n) is 4.04. The summed E-state index contributed by atoms with van der Waals surface area (Å²) in [6, 6.07) is 18.2. The fraction of sp³-hybridized carbons (Fsp3) is 0.0476. The largest absolute Gasteiger partial charge is 0.343 e. The predicted molar refractivity (Wildman–Crippen MR) is 121 cm³/mol. The maximum absolute atomic E-state index is 12.5. The molecule has 0 aliphatic heterocycles. The van der Waals surface area contributed by atoms with Gasteiger partial charge >= 0.3 is 0 Å². The summed E-state index contributed by atoms with van der Waals surface area (Å²) in [4.78, 5) is 24.1. The van der Waals surface area contributed by atoms with Gasteiger partial charge in [0.25, 0.3) is 15.9 Å². The van der Waals surface area contributed by atoms with Crippen LogP contribution in [0.3, 0.4) is 0 Å². The van der Waals surface area contributed by atoms with Crippen LogP contribution in [0.5, 0.6) is 0 Å². The maximum Gasteiger partial charge on any atom is 0.261 e. The Bertz CT molecular complexity index is 1200. The smallest absolute Gasteiger partial charge is 0.261 e. The highest BCUT2D eigenvalue weighted by molar-refractivity contribution is 7.92. The van der Waals surface area contributed by atoms with Crippen molar-refractivity contribution in [3.05, 3.63) is 88.4 Å². The van der Waals surface area contributed by atoms with E-state index in [0.717, 1.165) is 0 Å². The summed E-state index contributed by atoms with van der Waals surface area (Å²) in [5.41, 5.74) is 1.09. The van der Waals surface area contributed by atoms with Gasteiger partial charge in [0, 0.05) is 27.0 Å². The highest BCUT2D eigenvalue weighted by atomic mass is 35.5. The fourth-order valence-electron chi connectivity index (χ4n) is 2.55. The molecule has 0 fully saturated rings. The number of amides is 2. The van der Waals surface area contributed by atoms with E-state index < -0.39 is 21.8 Å². The van der Waals surface area contributed by atoms with Crippen LogP contribution in [0.2, 0.25) is 10.0 Å². The Hall–Kier alpha value is -3.07. The summed E-state index contributed by atoms with van der Waals surface area (Å²) >= 11 is 11.6. The lowest BCUT2D eigenvalue weighted by Crippen LogP contribution is -2.32. The average molecular weight is 478 g/mol. The van der Waals surface area contributed by atoms with Gasteiger partial charge in [0.15, 0.2) is 0 Å². The van der Waals surface area contributed by atoms with Gasteiger partial charge in [-0.25, -0.2) is 8.42 Å². The van der Waals surface area contributed by atoms with E-state index in [-0.39, 0.29) is 11.4 Å². The molecule has 3 aromatic carbocycles. The SMILES string of the molecule is O=C(CNC(=O)c1cccc(Cl)c1)Nc1ccc(S(=O)(=O)Nc2ccc(Cl)cc2)cc1. The molecule has 0 aliphatic rings. The molecule has 160 valence electrons. The third kappa shape index (κ3) is 6.45. The van der Waals surface area contributed by atoms with Gasteiger partial charge in [0.1, 0.15) is 0 Å². The number of sulfonamides is 1. The lowest BCUT2D eigenvalue weighted by molar-refractivity contribution is -0.115. The van der Waals surface area contributed by atoms with E-state index in [0.29, 0.717) is 27.0 Å². The number of rotatable bonds is 7. The third-order valence-corrected chi connectivity index (χ3v) is 5.93. The summed E-state index contributed by atoms with van der Waals surface area (Å²) in [5.74, 6) is -0.905. The summed E-state index contributed by atoms with van der Waals surface area (Å²) in [7, 11) is -3.80. The quantitative estimate of drug-likeness (QED) is 0.474. The highest BCUT2D eigenvalue weighted by Crippen LogP contribution is 2.20. The Morgan fingerprint density at radius 1 is 0.806 bits per heavy atom. The minimum atomic E-state index is -3.80. The van der Waals surface area contributed by atoms with E-state index in [4.69, 9.17) is 23.2 Å². The van der Waals surface area contributed by atoms with Crippen molar-refractivity contribution >= 4 is 56.4 Å². The molecule has 0 heterocycles. The molecular weight excluding hydrogens is 461 g/mol. The molecule has 0 unspecified atom stereocenters. The Balaban J connectivity index is 1.56. The van der Waals surface area contributed by atoms with E-state index in [2.05, 4.69) is 15.4 Å². The molecule has 0 atom stereocenters. The van der Waals surface area contributed by atoms with Gasteiger partial charge in [0.2, 0.25) is 5.91 Å². The lowest BCUT2D eigenvalue weighted by atomic mass is 10.2. The molecule has 3 N–H and O–H groups in total. The molecule has 0 aliphatic carbocycles. The number of carbonyl (C=O) groups is 2. The summed E-state index contributed by atoms with van der Waals surface area (Å²) in [5, 5.41) is 5.98. The van der Waals surface area contributed by atoms with Gasteiger partial charge in [-0.15, -0.1) is 0 Å². The Morgan fingerprint density at radius 3 is 2.10 bits per heavy atom. The van der Waals surface area contributed by atoms with E-state index in [1.807, 2.05) is 0 Å². The minimum absolute atomic E-state index is 0.0229. The Morgan fingerprint density at radius 2 is 1.45 bits per heavy atom. The van der Waals surface area contributed by atoms with Crippen LogP contribution in [-0.4, -0.2) is 26.8 Å². The van der Waals surface area contributed by atoms with Crippen molar-refractivity contribution in [1.29, 1.82) is 0 Å². The molecule has 0 aromatic heterocycles. The van der Waals surface area contributed by atoms with Crippen LogP contribution in [0.4, 0.5) is 11.4 Å². The Kier molecular flexibility index (Phi) is 7.17. The lowest BCUT2D eigenvalue weighted by Gasteiger charge is -2.10. The van der Waals surface area contributed by atoms with Crippen molar-refractivity contribution in [3.8, 4) is 0 Å². The first-order chi connectivity index (χ1) is 14.7. The predicted octanol–water partition coefficient (Wildman–Crippen LogP) is 4.16. The van der Waals surface area contributed by atoms with Crippen molar-refractivity contribution in [2.75, 3.05) is 16.6 Å². The van der Waals surface area contributed by atoms with Gasteiger partial charge in [0.05, 0.1) is 11.4 Å². The second-order valence-corrected chi connectivity index (χ2v) is 8.93. The zero-order valence-corrected chi connectivity index (χ0v) is 18.3. The summed E-state index contributed by atoms with van der Waals surface area (Å²) < 4.78 is 27.4. The number of anilines is 2. The molecule has 3 aromatic rings. The number of carbonyl (C=O) groups excluding carboxylic acids is 2. The normalized spacial score (nSPS) is 10.9. The van der Waals surface area contributed by atoms with Crippen LogP contribution in [0, 0.1) is 0 Å². The van der Waals surface area contributed by atoms with E-state index in [1.54, 1.807) is 42.5 Å². The van der Waals surface area contributed by atoms with Gasteiger partial charge in [-0.05, 0) is 66.7 Å². The molecule has 0 bridgehead atoms. The standard InChI is InChI=1S/C21H17Cl2N3O4S/c22-15-4-6-18(7-5-15)26-31(29,30)19-10-8-17(9-11-19)25-20(27)13-24-21(28)14-2-1-3-16(23)12-14/h1-12,26H,13H2,(H,24,28)(H,25,27). The molecule has 10 heteroatoms. The fourth-order valence-corrected chi connectivity index (χ4v) is 3.92. The van der Waals surface area contributed by atoms with Gasteiger partial charge in [-0.2, -0.15) is 0 Å². The zero-order valence-electron chi connectivity index (χ0n) is 15.9. The zero-order chi connectivity index (χ0) is 22.4. The molecule has 7 nitrogen and oxygen atoms in total. The minimum Gasteiger partial charge on any atom is -0.343 e. The number of halogens is 2. The highest BCUT2D eigenvalue weighted by Gasteiger charge is 2.15. The number of hydrogen-bond donors (Lipinski definition) is 3. The van der Waals surface area contributed by atoms with Crippen molar-refractivity contribution in [1.82, 2.24) is 5.32 Å². The molecule has 2 amide bonds.